The first-order valence-electron chi connectivity index (χ1n) is 6.45. The van der Waals surface area contributed by atoms with Crippen molar-refractivity contribution >= 4 is 44.7 Å². The summed E-state index contributed by atoms with van der Waals surface area (Å²) in [7, 11) is 0. The second-order valence-electron chi connectivity index (χ2n) is 4.69. The fraction of sp³-hybridized carbons (Fsp3) is 0.0625. The lowest BCUT2D eigenvalue weighted by atomic mass is 10.1. The highest BCUT2D eigenvalue weighted by Crippen LogP contribution is 2.25. The fourth-order valence-corrected chi connectivity index (χ4v) is 2.51. The average molecular weight is 341 g/mol. The molecule has 2 aromatic heterocycles. The van der Waals surface area contributed by atoms with Gasteiger partial charge in [0.25, 0.3) is 0 Å². The van der Waals surface area contributed by atoms with Crippen LogP contribution in [0.25, 0.3) is 23.1 Å². The van der Waals surface area contributed by atoms with Crippen molar-refractivity contribution < 1.29 is 0 Å². The number of halogens is 1. The number of hydrogen-bond acceptors (Lipinski definition) is 4. The first kappa shape index (κ1) is 13.7. The molecule has 0 spiro atoms. The third-order valence-corrected chi connectivity index (χ3v) is 3.50. The van der Waals surface area contributed by atoms with E-state index in [1.54, 1.807) is 6.20 Å². The molecule has 0 radical (unpaired) electrons. The van der Waals surface area contributed by atoms with Gasteiger partial charge in [0.05, 0.1) is 11.2 Å². The summed E-state index contributed by atoms with van der Waals surface area (Å²) in [6.45, 7) is 1.94. The maximum atomic E-state index is 5.98. The summed E-state index contributed by atoms with van der Waals surface area (Å²) >= 11 is 3.43. The Labute approximate surface area is 130 Å². The minimum Gasteiger partial charge on any atom is -0.398 e. The first-order chi connectivity index (χ1) is 10.1. The Morgan fingerprint density at radius 2 is 1.95 bits per heavy atom. The fourth-order valence-electron chi connectivity index (χ4n) is 2.04. The zero-order valence-corrected chi connectivity index (χ0v) is 13.0. The third kappa shape index (κ3) is 3.08. The van der Waals surface area contributed by atoms with E-state index in [2.05, 4.69) is 30.9 Å². The summed E-state index contributed by atoms with van der Waals surface area (Å²) in [6.07, 6.45) is 5.49. The number of benzene rings is 1. The van der Waals surface area contributed by atoms with Crippen molar-refractivity contribution in [3.05, 3.63) is 58.2 Å². The molecule has 2 N–H and O–H groups in total. The Bertz CT molecular complexity index is 843. The lowest BCUT2D eigenvalue weighted by Gasteiger charge is -2.03. The van der Waals surface area contributed by atoms with Crippen LogP contribution in [0.1, 0.15) is 17.2 Å². The Morgan fingerprint density at radius 1 is 1.10 bits per heavy atom. The molecule has 2 heterocycles. The van der Waals surface area contributed by atoms with E-state index in [0.29, 0.717) is 11.5 Å². The number of aromatic nitrogens is 3. The van der Waals surface area contributed by atoms with Crippen molar-refractivity contribution in [3.63, 3.8) is 0 Å². The van der Waals surface area contributed by atoms with Crippen LogP contribution >= 0.6 is 15.9 Å². The molecule has 3 rings (SSSR count). The topological polar surface area (TPSA) is 64.7 Å². The van der Waals surface area contributed by atoms with E-state index in [0.717, 1.165) is 26.8 Å². The summed E-state index contributed by atoms with van der Waals surface area (Å²) in [4.78, 5) is 13.1. The highest BCUT2D eigenvalue weighted by molar-refractivity contribution is 9.10. The van der Waals surface area contributed by atoms with Crippen LogP contribution in [-0.2, 0) is 0 Å². The Kier molecular flexibility index (Phi) is 3.66. The predicted octanol–water partition coefficient (Wildman–Crippen LogP) is 3.85. The van der Waals surface area contributed by atoms with Gasteiger partial charge in [0.2, 0.25) is 0 Å². The van der Waals surface area contributed by atoms with Gasteiger partial charge >= 0.3 is 0 Å². The predicted molar refractivity (Wildman–Crippen MR) is 89.6 cm³/mol. The van der Waals surface area contributed by atoms with Crippen molar-refractivity contribution in [1.29, 1.82) is 0 Å². The SMILES string of the molecule is Cc1ccnc(C=Cc2ccc3c(N)cc(Br)cc3n2)n1. The Balaban J connectivity index is 1.98. The highest BCUT2D eigenvalue weighted by atomic mass is 79.9. The van der Waals surface area contributed by atoms with E-state index >= 15 is 0 Å². The van der Waals surface area contributed by atoms with Crippen LogP contribution in [0, 0.1) is 6.92 Å². The number of nitrogens with zero attached hydrogens (tertiary/aromatic N) is 3. The van der Waals surface area contributed by atoms with E-state index in [-0.39, 0.29) is 0 Å². The van der Waals surface area contributed by atoms with Gasteiger partial charge in [-0.3, -0.25) is 0 Å². The third-order valence-electron chi connectivity index (χ3n) is 3.04. The minimum atomic E-state index is 0.672. The number of anilines is 1. The van der Waals surface area contributed by atoms with Crippen LogP contribution in [0.3, 0.4) is 0 Å². The summed E-state index contributed by atoms with van der Waals surface area (Å²) in [5.41, 5.74) is 9.32. The van der Waals surface area contributed by atoms with Gasteiger partial charge in [0.1, 0.15) is 0 Å². The number of pyridine rings is 1. The summed E-state index contributed by atoms with van der Waals surface area (Å²) < 4.78 is 0.920. The van der Waals surface area contributed by atoms with Gasteiger partial charge < -0.3 is 5.73 Å². The molecule has 1 aromatic carbocycles. The molecule has 0 bridgehead atoms. The van der Waals surface area contributed by atoms with Crippen LogP contribution in [0.15, 0.2) is 41.0 Å². The minimum absolute atomic E-state index is 0.672. The van der Waals surface area contributed by atoms with E-state index in [1.807, 2.05) is 49.4 Å². The van der Waals surface area contributed by atoms with Gasteiger partial charge in [0, 0.05) is 27.4 Å². The largest absolute Gasteiger partial charge is 0.398 e. The number of nitrogens with two attached hydrogens (primary N) is 1. The molecule has 0 aliphatic rings. The van der Waals surface area contributed by atoms with Crippen LogP contribution in [0.5, 0.6) is 0 Å². The molecule has 0 saturated carbocycles. The van der Waals surface area contributed by atoms with Crippen molar-refractivity contribution in [2.24, 2.45) is 0 Å². The molecule has 0 fully saturated rings. The molecule has 0 unspecified atom stereocenters. The number of nitrogen functional groups attached to an aromatic ring is 1. The maximum Gasteiger partial charge on any atom is 0.152 e. The standard InChI is InChI=1S/C16H13BrN4/c1-10-6-7-19-16(20-10)5-3-12-2-4-13-14(18)8-11(17)9-15(13)21-12/h2-9H,18H2,1H3. The second-order valence-corrected chi connectivity index (χ2v) is 5.60. The van der Waals surface area contributed by atoms with Crippen molar-refractivity contribution in [3.8, 4) is 0 Å². The molecule has 0 aliphatic carbocycles. The second kappa shape index (κ2) is 5.61. The van der Waals surface area contributed by atoms with Crippen LogP contribution in [0.4, 0.5) is 5.69 Å². The van der Waals surface area contributed by atoms with Crippen LogP contribution in [-0.4, -0.2) is 15.0 Å². The normalized spacial score (nSPS) is 11.3. The Hall–Kier alpha value is -2.27. The molecule has 0 aliphatic heterocycles. The average Bonchev–Trinajstić information content (AvgIpc) is 2.44. The van der Waals surface area contributed by atoms with Crippen molar-refractivity contribution in [1.82, 2.24) is 15.0 Å². The molecule has 104 valence electrons. The molecule has 0 atom stereocenters. The van der Waals surface area contributed by atoms with Gasteiger partial charge in [-0.15, -0.1) is 0 Å². The van der Waals surface area contributed by atoms with Crippen molar-refractivity contribution in [2.45, 2.75) is 6.92 Å². The summed E-state index contributed by atoms with van der Waals surface area (Å²) in [5, 5.41) is 0.946. The van der Waals surface area contributed by atoms with E-state index in [9.17, 15) is 0 Å². The molecule has 3 aromatic rings. The van der Waals surface area contributed by atoms with Gasteiger partial charge in [0.15, 0.2) is 5.82 Å². The quantitative estimate of drug-likeness (QED) is 0.719. The number of fused-ring (bicyclic) bond motifs is 1. The van der Waals surface area contributed by atoms with Crippen LogP contribution in [0.2, 0.25) is 0 Å². The molecule has 5 heteroatoms. The van der Waals surface area contributed by atoms with Gasteiger partial charge in [-0.1, -0.05) is 15.9 Å². The molecule has 0 amide bonds. The molecular formula is C16H13BrN4. The van der Waals surface area contributed by atoms with Crippen LogP contribution < -0.4 is 5.73 Å². The zero-order chi connectivity index (χ0) is 14.8. The van der Waals surface area contributed by atoms with Gasteiger partial charge in [-0.2, -0.15) is 0 Å². The summed E-state index contributed by atoms with van der Waals surface area (Å²) in [5.74, 6) is 0.672. The number of aryl methyl sites for hydroxylation is 1. The first-order valence-corrected chi connectivity index (χ1v) is 7.24. The lowest BCUT2D eigenvalue weighted by molar-refractivity contribution is 1.08. The van der Waals surface area contributed by atoms with E-state index < -0.39 is 0 Å². The monoisotopic (exact) mass is 340 g/mol. The molecule has 21 heavy (non-hydrogen) atoms. The van der Waals surface area contributed by atoms with Gasteiger partial charge in [-0.05, 0) is 49.4 Å². The maximum absolute atomic E-state index is 5.98. The van der Waals surface area contributed by atoms with Gasteiger partial charge in [-0.25, -0.2) is 15.0 Å². The highest BCUT2D eigenvalue weighted by Gasteiger charge is 2.02. The van der Waals surface area contributed by atoms with Crippen molar-refractivity contribution in [2.75, 3.05) is 5.73 Å². The molecule has 4 nitrogen and oxygen atoms in total. The summed E-state index contributed by atoms with van der Waals surface area (Å²) in [6, 6.07) is 9.60. The smallest absolute Gasteiger partial charge is 0.152 e. The number of hydrogen-bond donors (Lipinski definition) is 1. The van der Waals surface area contributed by atoms with E-state index in [1.165, 1.54) is 0 Å². The lowest BCUT2D eigenvalue weighted by Crippen LogP contribution is -1.91. The van der Waals surface area contributed by atoms with E-state index in [4.69, 9.17) is 5.73 Å². The molecule has 0 saturated heterocycles. The molecular weight excluding hydrogens is 328 g/mol. The number of rotatable bonds is 2. The zero-order valence-electron chi connectivity index (χ0n) is 11.4. The Morgan fingerprint density at radius 3 is 2.76 bits per heavy atom.